The molecule has 1 aliphatic heterocycles. The quantitative estimate of drug-likeness (QED) is 0.399. The molecule has 0 saturated carbocycles. The Hall–Kier alpha value is -4.27. The van der Waals surface area contributed by atoms with Crippen molar-refractivity contribution in [2.45, 2.75) is 18.9 Å². The number of anilines is 1. The summed E-state index contributed by atoms with van der Waals surface area (Å²) < 4.78 is 80.8. The average molecular weight is 560 g/mol. The lowest BCUT2D eigenvalue weighted by Crippen LogP contribution is -2.49. The molecular formula is C24H22F6N4O5. The van der Waals surface area contributed by atoms with Gasteiger partial charge in [-0.2, -0.15) is 26.3 Å². The Morgan fingerprint density at radius 2 is 1.56 bits per heavy atom. The van der Waals surface area contributed by atoms with Gasteiger partial charge in [-0.05, 0) is 35.9 Å². The van der Waals surface area contributed by atoms with Crippen LogP contribution in [0.4, 0.5) is 37.0 Å². The third-order valence-electron chi connectivity index (χ3n) is 5.28. The van der Waals surface area contributed by atoms with Gasteiger partial charge < -0.3 is 19.3 Å². The van der Waals surface area contributed by atoms with Crippen molar-refractivity contribution in [3.8, 4) is 11.5 Å². The number of halogens is 6. The maximum Gasteiger partial charge on any atom is 0.490 e. The number of hydrogen-bond donors (Lipinski definition) is 2. The van der Waals surface area contributed by atoms with Gasteiger partial charge in [0.2, 0.25) is 0 Å². The summed E-state index contributed by atoms with van der Waals surface area (Å²) in [7, 11) is 0. The summed E-state index contributed by atoms with van der Waals surface area (Å²) in [6.07, 6.45) is -8.12. The van der Waals surface area contributed by atoms with Crippen LogP contribution in [0.1, 0.15) is 11.1 Å². The normalized spacial score (nSPS) is 14.3. The van der Waals surface area contributed by atoms with Crippen molar-refractivity contribution in [3.05, 3.63) is 72.0 Å². The lowest BCUT2D eigenvalue weighted by Gasteiger charge is -2.34. The van der Waals surface area contributed by atoms with Gasteiger partial charge in [-0.1, -0.05) is 23.4 Å². The summed E-state index contributed by atoms with van der Waals surface area (Å²) in [5.41, 5.74) is 0.214. The zero-order chi connectivity index (χ0) is 28.6. The number of piperazine rings is 1. The SMILES string of the molecule is O=C(Nc1ccon1)N1CCN(Cc2cccc(Oc3cccc(C(F)(F)F)c3)c2)CC1.O=C(O)C(F)(F)F. The van der Waals surface area contributed by atoms with Crippen LogP contribution in [0.3, 0.4) is 0 Å². The number of carboxylic acids is 1. The fraction of sp³-hybridized carbons (Fsp3) is 0.292. The molecule has 15 heteroatoms. The molecule has 1 aliphatic rings. The third-order valence-corrected chi connectivity index (χ3v) is 5.28. The second-order valence-electron chi connectivity index (χ2n) is 8.16. The van der Waals surface area contributed by atoms with Gasteiger partial charge in [-0.15, -0.1) is 0 Å². The molecule has 1 aromatic heterocycles. The Morgan fingerprint density at radius 1 is 0.949 bits per heavy atom. The first kappa shape index (κ1) is 29.3. The summed E-state index contributed by atoms with van der Waals surface area (Å²) in [6.45, 7) is 3.13. The fourth-order valence-corrected chi connectivity index (χ4v) is 3.41. The lowest BCUT2D eigenvalue weighted by atomic mass is 10.2. The Kier molecular flexibility index (Phi) is 9.40. The minimum absolute atomic E-state index is 0.128. The lowest BCUT2D eigenvalue weighted by molar-refractivity contribution is -0.192. The fourth-order valence-electron chi connectivity index (χ4n) is 3.41. The number of carboxylic acid groups (broad SMARTS) is 1. The highest BCUT2D eigenvalue weighted by atomic mass is 19.4. The molecule has 39 heavy (non-hydrogen) atoms. The number of urea groups is 1. The molecule has 0 bridgehead atoms. The van der Waals surface area contributed by atoms with E-state index in [0.717, 1.165) is 17.7 Å². The monoisotopic (exact) mass is 560 g/mol. The topological polar surface area (TPSA) is 108 Å². The van der Waals surface area contributed by atoms with E-state index in [4.69, 9.17) is 19.2 Å². The summed E-state index contributed by atoms with van der Waals surface area (Å²) in [6, 6.07) is 13.4. The number of aromatic nitrogens is 1. The summed E-state index contributed by atoms with van der Waals surface area (Å²) in [4.78, 5) is 25.1. The molecule has 0 radical (unpaired) electrons. The predicted molar refractivity (Wildman–Crippen MR) is 124 cm³/mol. The van der Waals surface area contributed by atoms with Gasteiger partial charge in [-0.3, -0.25) is 10.2 Å². The molecule has 2 N–H and O–H groups in total. The zero-order valence-electron chi connectivity index (χ0n) is 20.0. The van der Waals surface area contributed by atoms with E-state index in [1.54, 1.807) is 23.1 Å². The first-order valence-electron chi connectivity index (χ1n) is 11.2. The third kappa shape index (κ3) is 9.21. The number of aliphatic carboxylic acids is 1. The van der Waals surface area contributed by atoms with Gasteiger partial charge in [0.25, 0.3) is 0 Å². The molecular weight excluding hydrogens is 538 g/mol. The first-order chi connectivity index (χ1) is 18.3. The first-order valence-corrected chi connectivity index (χ1v) is 11.2. The molecule has 2 amide bonds. The van der Waals surface area contributed by atoms with Crippen LogP contribution in [0.25, 0.3) is 0 Å². The van der Waals surface area contributed by atoms with Crippen LogP contribution in [0, 0.1) is 0 Å². The minimum Gasteiger partial charge on any atom is -0.475 e. The van der Waals surface area contributed by atoms with Crippen LogP contribution in [0.2, 0.25) is 0 Å². The number of carbonyl (C=O) groups is 2. The summed E-state index contributed by atoms with van der Waals surface area (Å²) in [5.74, 6) is -1.79. The van der Waals surface area contributed by atoms with E-state index in [2.05, 4.69) is 15.4 Å². The molecule has 9 nitrogen and oxygen atoms in total. The van der Waals surface area contributed by atoms with E-state index < -0.39 is 23.9 Å². The maximum atomic E-state index is 12.9. The van der Waals surface area contributed by atoms with Crippen molar-refractivity contribution in [1.29, 1.82) is 0 Å². The number of alkyl halides is 6. The highest BCUT2D eigenvalue weighted by molar-refractivity contribution is 5.88. The van der Waals surface area contributed by atoms with Crippen molar-refractivity contribution >= 4 is 17.8 Å². The minimum atomic E-state index is -5.08. The Labute approximate surface area is 217 Å². The molecule has 2 aromatic carbocycles. The van der Waals surface area contributed by atoms with Gasteiger partial charge in [0.1, 0.15) is 17.8 Å². The molecule has 1 fully saturated rings. The van der Waals surface area contributed by atoms with Crippen LogP contribution in [-0.4, -0.2) is 64.4 Å². The number of ether oxygens (including phenoxy) is 1. The van der Waals surface area contributed by atoms with E-state index in [-0.39, 0.29) is 11.8 Å². The second kappa shape index (κ2) is 12.5. The zero-order valence-corrected chi connectivity index (χ0v) is 20.0. The van der Waals surface area contributed by atoms with Crippen molar-refractivity contribution in [2.24, 2.45) is 0 Å². The molecule has 2 heterocycles. The molecule has 210 valence electrons. The molecule has 0 spiro atoms. The van der Waals surface area contributed by atoms with Crippen molar-refractivity contribution in [2.75, 3.05) is 31.5 Å². The Bertz CT molecular complexity index is 1240. The van der Waals surface area contributed by atoms with Crippen molar-refractivity contribution in [3.63, 3.8) is 0 Å². The Balaban J connectivity index is 0.000000532. The number of rotatable bonds is 5. The van der Waals surface area contributed by atoms with Gasteiger partial charge in [0.15, 0.2) is 5.82 Å². The molecule has 0 atom stereocenters. The van der Waals surface area contributed by atoms with Crippen LogP contribution >= 0.6 is 0 Å². The smallest absolute Gasteiger partial charge is 0.475 e. The molecule has 3 aromatic rings. The predicted octanol–water partition coefficient (Wildman–Crippen LogP) is 5.47. The number of nitrogens with one attached hydrogen (secondary N) is 1. The number of carbonyl (C=O) groups excluding carboxylic acids is 1. The second-order valence-corrected chi connectivity index (χ2v) is 8.16. The van der Waals surface area contributed by atoms with E-state index in [1.165, 1.54) is 18.4 Å². The van der Waals surface area contributed by atoms with Crippen molar-refractivity contribution < 1.29 is 50.3 Å². The summed E-state index contributed by atoms with van der Waals surface area (Å²) in [5, 5.41) is 13.5. The van der Waals surface area contributed by atoms with Crippen LogP contribution in [-0.2, 0) is 17.5 Å². The molecule has 4 rings (SSSR count). The van der Waals surface area contributed by atoms with Crippen LogP contribution < -0.4 is 10.1 Å². The largest absolute Gasteiger partial charge is 0.490 e. The van der Waals surface area contributed by atoms with E-state index in [9.17, 15) is 31.1 Å². The molecule has 1 saturated heterocycles. The standard InChI is InChI=1S/C22H21F3N4O3.C2HF3O2/c23-22(24,25)17-4-2-6-19(14-17)32-18-5-1-3-16(13-18)15-28-8-10-29(11-9-28)21(30)26-20-7-12-31-27-20;3-2(4,5)1(6)7/h1-7,12-14H,8-11,15H2,(H,26,27,30);(H,6,7). The summed E-state index contributed by atoms with van der Waals surface area (Å²) >= 11 is 0. The van der Waals surface area contributed by atoms with Crippen molar-refractivity contribution in [1.82, 2.24) is 15.0 Å². The van der Waals surface area contributed by atoms with Gasteiger partial charge in [0.05, 0.1) is 5.56 Å². The highest BCUT2D eigenvalue weighted by Gasteiger charge is 2.38. The number of hydrogen-bond acceptors (Lipinski definition) is 6. The van der Waals surface area contributed by atoms with Gasteiger partial charge in [-0.25, -0.2) is 9.59 Å². The average Bonchev–Trinajstić information content (AvgIpc) is 3.37. The molecule has 0 aliphatic carbocycles. The van der Waals surface area contributed by atoms with Crippen LogP contribution in [0.15, 0.2) is 65.4 Å². The number of benzene rings is 2. The number of amides is 2. The highest BCUT2D eigenvalue weighted by Crippen LogP contribution is 2.33. The van der Waals surface area contributed by atoms with Gasteiger partial charge >= 0.3 is 24.4 Å². The van der Waals surface area contributed by atoms with Crippen LogP contribution in [0.5, 0.6) is 11.5 Å². The Morgan fingerprint density at radius 3 is 2.13 bits per heavy atom. The number of nitrogens with zero attached hydrogens (tertiary/aromatic N) is 3. The van der Waals surface area contributed by atoms with E-state index >= 15 is 0 Å². The molecule has 0 unspecified atom stereocenters. The maximum absolute atomic E-state index is 12.9. The van der Waals surface area contributed by atoms with E-state index in [1.807, 2.05) is 12.1 Å². The van der Waals surface area contributed by atoms with E-state index in [0.29, 0.717) is 44.3 Å². The van der Waals surface area contributed by atoms with Gasteiger partial charge in [0, 0.05) is 38.8 Å².